The van der Waals surface area contributed by atoms with Gasteiger partial charge in [0.1, 0.15) is 28.7 Å². The van der Waals surface area contributed by atoms with Crippen LogP contribution in [0.3, 0.4) is 0 Å². The molecule has 0 spiro atoms. The van der Waals surface area contributed by atoms with Crippen molar-refractivity contribution < 1.29 is 47.2 Å². The molecule has 0 unspecified atom stereocenters. The molecule has 5 radical (unpaired) electrons. The summed E-state index contributed by atoms with van der Waals surface area (Å²) in [6.07, 6.45) is 11.1. The molecular weight excluding hydrogens is 1420 g/mol. The van der Waals surface area contributed by atoms with Crippen molar-refractivity contribution in [3.63, 3.8) is 0 Å². The minimum absolute atomic E-state index is 0. The van der Waals surface area contributed by atoms with Crippen molar-refractivity contribution in [3.8, 4) is 88.0 Å². The first kappa shape index (κ1) is 92.8. The smallest absolute Gasteiger partial charge is 0.119 e. The molecule has 0 saturated heterocycles. The lowest BCUT2D eigenvalue weighted by molar-refractivity contribution is 0.309. The van der Waals surface area contributed by atoms with Crippen LogP contribution in [0.2, 0.25) is 0 Å². The largest absolute Gasteiger partial charge is 0.494 e. The molecule has 545 valence electrons. The highest BCUT2D eigenvalue weighted by atomic mass is 32.1. The highest BCUT2D eigenvalue weighted by molar-refractivity contribution is 7.81. The number of hydrogen-bond donors (Lipinski definition) is 0. The number of benzene rings is 10. The molecule has 0 bridgehead atoms. The molecule has 0 atom stereocenters. The van der Waals surface area contributed by atoms with Crippen molar-refractivity contribution in [2.75, 3.05) is 33.0 Å². The zero-order valence-corrected chi connectivity index (χ0v) is 63.9. The fraction of sp³-hybridized carbons (Fsp3) is 0.222. The van der Waals surface area contributed by atoms with Crippen molar-refractivity contribution >= 4 is 63.1 Å². The maximum Gasteiger partial charge on any atom is 0.119 e. The third-order valence-corrected chi connectivity index (χ3v) is 15.5. The number of rotatable bonds is 20. The van der Waals surface area contributed by atoms with Crippen LogP contribution < -0.4 is 23.7 Å². The average Bonchev–Trinajstić information content (AvgIpc) is 0.996. The molecule has 0 aliphatic carbocycles. The van der Waals surface area contributed by atoms with Gasteiger partial charge in [-0.15, -0.1) is 0 Å². The highest BCUT2D eigenvalue weighted by Gasteiger charge is 2.00. The average molecular weight is 1510 g/mol. The van der Waals surface area contributed by atoms with Gasteiger partial charge in [-0.3, -0.25) is 23.5 Å². The molecular formula is C90H90F5O5S5. The van der Waals surface area contributed by atoms with Crippen LogP contribution in [-0.2, 0) is 0 Å². The summed E-state index contributed by atoms with van der Waals surface area (Å²) in [5.74, 6) is 35.8. The van der Waals surface area contributed by atoms with Gasteiger partial charge in [-0.1, -0.05) is 189 Å². The third kappa shape index (κ3) is 40.4. The van der Waals surface area contributed by atoms with E-state index in [1.54, 1.807) is 0 Å². The first-order valence-electron chi connectivity index (χ1n) is 34.0. The Labute approximate surface area is 648 Å². The van der Waals surface area contributed by atoms with Gasteiger partial charge < -0.3 is 23.7 Å². The van der Waals surface area contributed by atoms with Gasteiger partial charge in [-0.25, -0.2) is 0 Å². The van der Waals surface area contributed by atoms with E-state index >= 15 is 0 Å². The summed E-state index contributed by atoms with van der Waals surface area (Å²) in [7, 11) is 0. The molecule has 0 amide bonds. The molecule has 0 heterocycles. The SMILES string of the molecule is CCCCOc1ccc(C#Cc2ccc([S])cc2)cc1.CCCCOc1ccc(C#Cc2ccc([S])cc2)cc1.CCCCOc1ccc(C#Cc2ccc([S])cc2)cc1.CCCCOc1ccc(C#Cc2ccc([S])cc2)cc1.CCCCOc1ccc(C#Cc2ccc([S])cc2)cc1.F.F.F.F.F. The Balaban J connectivity index is 0.000000649. The standard InChI is InChI=1S/5C18H17OS.5FH/c5*1-2-3-14-19-17-10-6-15(7-11-17)4-5-16-8-12-18(20)13-9-16;;;;;/h5*6-13H,2-3,14H2,1H3;5*1H. The molecule has 10 rings (SSSR count). The van der Waals surface area contributed by atoms with E-state index in [2.05, 4.69) is 93.8 Å². The monoisotopic (exact) mass is 1510 g/mol. The fourth-order valence-corrected chi connectivity index (χ4v) is 8.94. The van der Waals surface area contributed by atoms with Crippen LogP contribution in [-0.4, -0.2) is 33.0 Å². The van der Waals surface area contributed by atoms with Gasteiger partial charge in [-0.2, -0.15) is 0 Å². The van der Waals surface area contributed by atoms with E-state index in [1.807, 2.05) is 243 Å². The summed E-state index contributed by atoms with van der Waals surface area (Å²) in [5, 5.41) is 0. The second-order valence-electron chi connectivity index (χ2n) is 22.5. The molecule has 15 heteroatoms. The van der Waals surface area contributed by atoms with Crippen molar-refractivity contribution in [1.29, 1.82) is 0 Å². The summed E-state index contributed by atoms with van der Waals surface area (Å²) in [5.41, 5.74) is 9.78. The highest BCUT2D eigenvalue weighted by Crippen LogP contribution is 2.19. The van der Waals surface area contributed by atoms with Crippen LogP contribution in [0, 0.1) is 59.2 Å². The molecule has 10 aromatic carbocycles. The van der Waals surface area contributed by atoms with Crippen LogP contribution >= 0.6 is 63.1 Å². The molecule has 0 aliphatic heterocycles. The van der Waals surface area contributed by atoms with Crippen molar-refractivity contribution in [2.24, 2.45) is 0 Å². The zero-order chi connectivity index (χ0) is 71.0. The Morgan fingerprint density at radius 1 is 0.181 bits per heavy atom. The Kier molecular flexibility index (Phi) is 49.7. The van der Waals surface area contributed by atoms with Crippen molar-refractivity contribution in [3.05, 3.63) is 298 Å². The summed E-state index contributed by atoms with van der Waals surface area (Å²) in [6.45, 7) is 14.6. The molecule has 5 nitrogen and oxygen atoms in total. The van der Waals surface area contributed by atoms with Gasteiger partial charge in [0, 0.05) is 80.1 Å². The van der Waals surface area contributed by atoms with Gasteiger partial charge in [0.15, 0.2) is 0 Å². The molecule has 0 fully saturated rings. The van der Waals surface area contributed by atoms with E-state index in [-0.39, 0.29) is 23.5 Å². The van der Waals surface area contributed by atoms with Crippen LogP contribution in [0.1, 0.15) is 154 Å². The Morgan fingerprint density at radius 3 is 0.390 bits per heavy atom. The lowest BCUT2D eigenvalue weighted by atomic mass is 10.2. The fourth-order valence-electron chi connectivity index (χ4n) is 8.26. The summed E-state index contributed by atoms with van der Waals surface area (Å²) >= 11 is 25.2. The molecule has 0 N–H and O–H groups in total. The molecule has 0 saturated carbocycles. The Bertz CT molecular complexity index is 3630. The van der Waals surface area contributed by atoms with Crippen LogP contribution in [0.4, 0.5) is 23.5 Å². The molecule has 0 aromatic heterocycles. The predicted molar refractivity (Wildman–Crippen MR) is 438 cm³/mol. The molecule has 105 heavy (non-hydrogen) atoms. The van der Waals surface area contributed by atoms with Gasteiger partial charge in [0.05, 0.1) is 33.0 Å². The minimum atomic E-state index is 0. The van der Waals surface area contributed by atoms with Crippen LogP contribution in [0.25, 0.3) is 0 Å². The quantitative estimate of drug-likeness (QED) is 0.0432. The predicted octanol–water partition coefficient (Wildman–Crippen LogP) is 24.9. The van der Waals surface area contributed by atoms with E-state index in [0.29, 0.717) is 0 Å². The van der Waals surface area contributed by atoms with E-state index < -0.39 is 0 Å². The van der Waals surface area contributed by atoms with Crippen LogP contribution in [0.5, 0.6) is 28.7 Å². The summed E-state index contributed by atoms with van der Waals surface area (Å²) in [6, 6.07) is 77.8. The first-order valence-corrected chi connectivity index (χ1v) is 36.0. The van der Waals surface area contributed by atoms with E-state index in [9.17, 15) is 0 Å². The Hall–Kier alpha value is -10.3. The van der Waals surface area contributed by atoms with Gasteiger partial charge in [0.25, 0.3) is 0 Å². The van der Waals surface area contributed by atoms with E-state index in [4.69, 9.17) is 86.8 Å². The summed E-state index contributed by atoms with van der Waals surface area (Å²) in [4.78, 5) is 4.19. The number of hydrogen-bond acceptors (Lipinski definition) is 5. The van der Waals surface area contributed by atoms with E-state index in [1.165, 1.54) is 0 Å². The molecule has 10 aromatic rings. The lowest BCUT2D eigenvalue weighted by Gasteiger charge is -2.04. The second kappa shape index (κ2) is 56.2. The second-order valence-corrected chi connectivity index (χ2v) is 24.9. The van der Waals surface area contributed by atoms with Crippen molar-refractivity contribution in [1.82, 2.24) is 0 Å². The van der Waals surface area contributed by atoms with Gasteiger partial charge >= 0.3 is 0 Å². The minimum Gasteiger partial charge on any atom is -0.494 e. The zero-order valence-electron chi connectivity index (χ0n) is 59.8. The first-order chi connectivity index (χ1) is 48.9. The maximum atomic E-state index is 5.62. The topological polar surface area (TPSA) is 46.2 Å². The van der Waals surface area contributed by atoms with Crippen LogP contribution in [0.15, 0.2) is 267 Å². The normalized spacial score (nSPS) is 9.19. The lowest BCUT2D eigenvalue weighted by Crippen LogP contribution is -1.95. The van der Waals surface area contributed by atoms with E-state index in [0.717, 1.165) is 206 Å². The van der Waals surface area contributed by atoms with Gasteiger partial charge in [0.2, 0.25) is 0 Å². The molecule has 0 aliphatic rings. The Morgan fingerprint density at radius 2 is 0.286 bits per heavy atom. The number of unbranched alkanes of at least 4 members (excludes halogenated alkanes) is 5. The number of ether oxygens (including phenoxy) is 5. The van der Waals surface area contributed by atoms with Crippen molar-refractivity contribution in [2.45, 2.75) is 123 Å². The third-order valence-electron chi connectivity index (χ3n) is 14.1. The van der Waals surface area contributed by atoms with Gasteiger partial charge in [-0.05, 0) is 275 Å². The summed E-state index contributed by atoms with van der Waals surface area (Å²) < 4.78 is 28.1. The maximum absolute atomic E-state index is 5.62. The number of halogens is 5.